The number of fused-ring (bicyclic) bond motifs is 6. The van der Waals surface area contributed by atoms with E-state index in [-0.39, 0.29) is 122 Å². The zero-order valence-corrected chi connectivity index (χ0v) is 36.1. The third-order valence-corrected chi connectivity index (χ3v) is 8.92. The fraction of sp³-hybridized carbons (Fsp3) is 0.361. The number of benzene rings is 4. The number of halogens is 2. The minimum absolute atomic E-state index is 0. The fourth-order valence-electron chi connectivity index (χ4n) is 6.26. The van der Waals surface area contributed by atoms with Crippen molar-refractivity contribution in [1.29, 1.82) is 0 Å². The molecule has 6 rings (SSSR count). The van der Waals surface area contributed by atoms with Crippen molar-refractivity contribution in [1.82, 2.24) is 0 Å². The van der Waals surface area contributed by atoms with Gasteiger partial charge in [-0.2, -0.15) is 13.8 Å². The normalized spacial score (nSPS) is 16.1. The van der Waals surface area contributed by atoms with E-state index >= 15 is 0 Å². The van der Waals surface area contributed by atoms with E-state index in [1.807, 2.05) is 78.6 Å². The third-order valence-electron chi connectivity index (χ3n) is 8.18. The summed E-state index contributed by atoms with van der Waals surface area (Å²) in [6.07, 6.45) is 5.24. The fourth-order valence-corrected chi connectivity index (χ4v) is 6.76. The van der Waals surface area contributed by atoms with E-state index in [2.05, 4.69) is 24.3 Å². The van der Waals surface area contributed by atoms with Crippen LogP contribution in [-0.2, 0) is 108 Å². The number of hydrogen-bond donors (Lipinski definition) is 0. The van der Waals surface area contributed by atoms with Crippen LogP contribution in [0.4, 0.5) is 11.4 Å². The van der Waals surface area contributed by atoms with Crippen molar-refractivity contribution >= 4 is 67.9 Å². The molecule has 3 radical (unpaired) electrons. The molecule has 2 aliphatic rings. The Bertz CT molecular complexity index is 1470. The maximum atomic E-state index is 13.2. The average molecular weight is 867 g/mol. The minimum Gasteiger partial charge on any atom is -0.352 e. The van der Waals surface area contributed by atoms with Crippen molar-refractivity contribution < 1.29 is 108 Å². The van der Waals surface area contributed by atoms with Gasteiger partial charge in [-0.05, 0) is 24.2 Å². The summed E-state index contributed by atoms with van der Waals surface area (Å²) >= 11 is 12.6. The summed E-state index contributed by atoms with van der Waals surface area (Å²) in [5.41, 5.74) is 4.18. The second-order valence-electron chi connectivity index (χ2n) is 11.1. The van der Waals surface area contributed by atoms with Crippen molar-refractivity contribution in [2.75, 3.05) is 34.6 Å². The van der Waals surface area contributed by atoms with E-state index in [4.69, 9.17) is 23.2 Å². The average Bonchev–Trinajstić information content (AvgIpc) is 3.60. The van der Waals surface area contributed by atoms with Gasteiger partial charge < -0.3 is 16.2 Å². The number of amides is 2. The van der Waals surface area contributed by atoms with Crippen LogP contribution >= 0.6 is 23.2 Å². The van der Waals surface area contributed by atoms with Crippen LogP contribution in [0, 0.1) is 18.6 Å². The number of hydrogen-bond acceptors (Lipinski definition) is 2. The molecule has 2 amide bonds. The summed E-state index contributed by atoms with van der Waals surface area (Å²) < 4.78 is 0. The van der Waals surface area contributed by atoms with Crippen LogP contribution in [0.2, 0.25) is 0 Å². The summed E-state index contributed by atoms with van der Waals surface area (Å²) in [5.74, 6) is 1.42. The zero-order chi connectivity index (χ0) is 29.6. The topological polar surface area (TPSA) is 40.6 Å². The molecule has 2 heterocycles. The van der Waals surface area contributed by atoms with Gasteiger partial charge in [-0.1, -0.05) is 41.8 Å². The molecule has 9 heteroatoms. The second kappa shape index (κ2) is 20.0. The molecule has 45 heavy (non-hydrogen) atoms. The van der Waals surface area contributed by atoms with Crippen LogP contribution in [0.5, 0.6) is 0 Å². The smallest absolute Gasteiger partial charge is 0.218 e. The number of alkyl halides is 2. The van der Waals surface area contributed by atoms with Crippen molar-refractivity contribution in [3.05, 3.63) is 90.3 Å². The molecule has 0 saturated heterocycles. The van der Waals surface area contributed by atoms with Gasteiger partial charge in [-0.15, -0.1) is 93.3 Å². The largest absolute Gasteiger partial charge is 0.352 e. The molecule has 0 unspecified atom stereocenters. The van der Waals surface area contributed by atoms with Gasteiger partial charge in [0, 0.05) is 148 Å². The van der Waals surface area contributed by atoms with E-state index in [0.717, 1.165) is 63.3 Å². The quantitative estimate of drug-likeness (QED) is 0.101. The predicted molar refractivity (Wildman–Crippen MR) is 176 cm³/mol. The van der Waals surface area contributed by atoms with Gasteiger partial charge in [0.15, 0.2) is 0 Å². The minimum atomic E-state index is 0. The van der Waals surface area contributed by atoms with Crippen molar-refractivity contribution in [3.63, 3.8) is 0 Å². The van der Waals surface area contributed by atoms with Crippen LogP contribution in [0.25, 0.3) is 21.5 Å². The Morgan fingerprint density at radius 1 is 0.711 bits per heavy atom. The summed E-state index contributed by atoms with van der Waals surface area (Å²) in [6.45, 7) is 5.22. The standard InChI is InChI=1S/C33H30Cl2N2O2.C3H7.3Y/c34-18-24-20-36(28-16-14-22-8-4-6-10-26(22)32(24)28)30(38)12-2-1-3-13-31(39)37-21-25(19-35)33-27-11-7-5-9-23(27)15-17-29(33)37;1-3-2;;;/h4-11,16-17,24-25H,1-3,12-13,18-21H2;3H,1-2H3;;;/q-2;-1;;;/t24-,25-;;;;/m1..../s1. The molecular weight excluding hydrogens is 830 g/mol. The first-order chi connectivity index (χ1) is 20.5. The maximum Gasteiger partial charge on any atom is 0.218 e. The van der Waals surface area contributed by atoms with Gasteiger partial charge >= 0.3 is 0 Å². The second-order valence-corrected chi connectivity index (χ2v) is 11.7. The van der Waals surface area contributed by atoms with E-state index in [1.54, 1.807) is 0 Å². The first kappa shape index (κ1) is 41.4. The Kier molecular flexibility index (Phi) is 18.4. The number of rotatable bonds is 8. The van der Waals surface area contributed by atoms with E-state index in [0.29, 0.717) is 37.7 Å². The number of anilines is 2. The van der Waals surface area contributed by atoms with Crippen LogP contribution in [0.1, 0.15) is 68.9 Å². The Morgan fingerprint density at radius 2 is 1.09 bits per heavy atom. The van der Waals surface area contributed by atoms with Gasteiger partial charge in [-0.25, -0.2) is 0 Å². The van der Waals surface area contributed by atoms with Crippen LogP contribution in [0.15, 0.2) is 60.7 Å². The van der Waals surface area contributed by atoms with Crippen LogP contribution < -0.4 is 9.80 Å². The van der Waals surface area contributed by atoms with E-state index in [9.17, 15) is 9.59 Å². The molecular formula is C36H37Cl2N2O2Y3-3. The molecule has 4 nitrogen and oxygen atoms in total. The summed E-state index contributed by atoms with van der Waals surface area (Å²) in [4.78, 5) is 30.2. The van der Waals surface area contributed by atoms with Crippen LogP contribution in [0.3, 0.4) is 0 Å². The molecule has 0 N–H and O–H groups in total. The van der Waals surface area contributed by atoms with Gasteiger partial charge in [0.25, 0.3) is 0 Å². The predicted octanol–water partition coefficient (Wildman–Crippen LogP) is 8.81. The summed E-state index contributed by atoms with van der Waals surface area (Å²) in [5, 5.41) is 4.35. The van der Waals surface area contributed by atoms with Crippen molar-refractivity contribution in [2.24, 2.45) is 0 Å². The van der Waals surface area contributed by atoms with Crippen molar-refractivity contribution in [3.8, 4) is 0 Å². The molecule has 0 saturated carbocycles. The molecule has 4 aromatic rings. The number of carbonyl (C=O) groups is 2. The number of carbonyl (C=O) groups excluding carboxylic acids is 2. The molecule has 4 aromatic carbocycles. The third kappa shape index (κ3) is 9.27. The SMILES string of the molecule is C[CH-]C.O=C(CCCCCC(=O)N1C[C@@H](CCl)c2c1c[c-]c1ccccc21)N1C[C@@H](CCl)c2c1c[c-]c1ccccc21.[Y].[Y].[Y]. The van der Waals surface area contributed by atoms with E-state index < -0.39 is 0 Å². The molecule has 0 fully saturated rings. The van der Waals surface area contributed by atoms with Crippen molar-refractivity contribution in [2.45, 2.75) is 57.8 Å². The molecule has 0 spiro atoms. The van der Waals surface area contributed by atoms with Crippen LogP contribution in [-0.4, -0.2) is 36.7 Å². The van der Waals surface area contributed by atoms with Gasteiger partial charge in [-0.3, -0.25) is 9.59 Å². The Labute approximate surface area is 353 Å². The Balaban J connectivity index is 0.00000113. The monoisotopic (exact) mass is 866 g/mol. The Morgan fingerprint density at radius 3 is 1.47 bits per heavy atom. The van der Waals surface area contributed by atoms with Gasteiger partial charge in [0.1, 0.15) is 0 Å². The molecule has 0 aromatic heterocycles. The zero-order valence-electron chi connectivity index (χ0n) is 26.1. The summed E-state index contributed by atoms with van der Waals surface area (Å²) in [7, 11) is 0. The molecule has 229 valence electrons. The molecule has 0 bridgehead atoms. The molecule has 0 aliphatic carbocycles. The Hall–Kier alpha value is 0.232. The molecule has 2 aliphatic heterocycles. The number of nitrogens with zero attached hydrogens (tertiary/aromatic N) is 2. The maximum absolute atomic E-state index is 13.2. The van der Waals surface area contributed by atoms with Gasteiger partial charge in [0.05, 0.1) is 0 Å². The van der Waals surface area contributed by atoms with Gasteiger partial charge in [0.2, 0.25) is 11.8 Å². The first-order valence-electron chi connectivity index (χ1n) is 14.9. The summed E-state index contributed by atoms with van der Waals surface area (Å²) in [6, 6.07) is 26.8. The first-order valence-corrected chi connectivity index (χ1v) is 15.9. The molecule has 2 atom stereocenters. The van der Waals surface area contributed by atoms with E-state index in [1.165, 1.54) is 0 Å². The number of unbranched alkanes of at least 4 members (excludes halogenated alkanes) is 2.